The molecule has 0 saturated carbocycles. The summed E-state index contributed by atoms with van der Waals surface area (Å²) >= 11 is 3.73. The van der Waals surface area contributed by atoms with Gasteiger partial charge < -0.3 is 4.57 Å². The summed E-state index contributed by atoms with van der Waals surface area (Å²) in [6.07, 6.45) is 2.07. The first kappa shape index (κ1) is 43.0. The lowest BCUT2D eigenvalue weighted by Gasteiger charge is -2.14. The molecule has 0 saturated heterocycles. The van der Waals surface area contributed by atoms with Crippen molar-refractivity contribution in [2.75, 3.05) is 0 Å². The summed E-state index contributed by atoms with van der Waals surface area (Å²) in [5.41, 5.74) is 16.8. The highest BCUT2D eigenvalue weighted by Crippen LogP contribution is 2.55. The molecule has 0 spiro atoms. The Morgan fingerprint density at radius 3 is 1.66 bits per heavy atom. The maximum atomic E-state index is 5.58. The van der Waals surface area contributed by atoms with Crippen molar-refractivity contribution in [1.82, 2.24) is 24.5 Å². The van der Waals surface area contributed by atoms with Gasteiger partial charge in [-0.1, -0.05) is 206 Å². The average Bonchev–Trinajstić information content (AvgIpc) is 4.29. The molecule has 5 nitrogen and oxygen atoms in total. The van der Waals surface area contributed by atoms with Crippen molar-refractivity contribution in [2.24, 2.45) is 0 Å². The SMILES string of the molecule is c1ccc(-c2nc(-c3ccccc3)nc(-c3cc(-c4cccc5c4sc4c5ccc5c4c4ccccc4n5-c4ccccc4)cnc3-c3cccc4c3sc3c5c(ccc34)C(c3ccccc3)c3ccccc3-5)n2)cc1. The Balaban J connectivity index is 0.943. The molecule has 1 unspecified atom stereocenters. The molecule has 1 atom stereocenters. The lowest BCUT2D eigenvalue weighted by molar-refractivity contribution is 1.02. The van der Waals surface area contributed by atoms with Crippen LogP contribution >= 0.6 is 22.7 Å². The van der Waals surface area contributed by atoms with Gasteiger partial charge in [0, 0.05) is 108 Å². The van der Waals surface area contributed by atoms with E-state index in [0.717, 1.165) is 44.8 Å². The number of rotatable bonds is 7. The molecular weight excluding hydrogens is 963 g/mol. The summed E-state index contributed by atoms with van der Waals surface area (Å²) in [6, 6.07) is 84.9. The van der Waals surface area contributed by atoms with Crippen molar-refractivity contribution >= 4 is 84.8 Å². The van der Waals surface area contributed by atoms with Crippen LogP contribution in [0.25, 0.3) is 136 Å². The molecule has 0 aliphatic heterocycles. The Labute approximate surface area is 445 Å². The number of fused-ring (bicyclic) bond motifs is 14. The molecule has 7 heteroatoms. The smallest absolute Gasteiger partial charge is 0.166 e. The summed E-state index contributed by atoms with van der Waals surface area (Å²) in [4.78, 5) is 21.5. The molecular formula is C69H41N5S2. The first-order valence-electron chi connectivity index (χ1n) is 25.6. The zero-order valence-corrected chi connectivity index (χ0v) is 42.4. The Morgan fingerprint density at radius 1 is 0.355 bits per heavy atom. The molecule has 354 valence electrons. The van der Waals surface area contributed by atoms with Crippen molar-refractivity contribution in [3.63, 3.8) is 0 Å². The van der Waals surface area contributed by atoms with Gasteiger partial charge in [-0.3, -0.25) is 4.98 Å². The summed E-state index contributed by atoms with van der Waals surface area (Å²) in [5.74, 6) is 1.94. The van der Waals surface area contributed by atoms with Gasteiger partial charge in [-0.15, -0.1) is 22.7 Å². The van der Waals surface area contributed by atoms with Gasteiger partial charge in [0.25, 0.3) is 0 Å². The Hall–Kier alpha value is -9.40. The fourth-order valence-corrected chi connectivity index (χ4v) is 14.8. The molecule has 15 aromatic rings. The molecule has 1 aliphatic carbocycles. The highest BCUT2D eigenvalue weighted by molar-refractivity contribution is 7.27. The van der Waals surface area contributed by atoms with Crippen LogP contribution in [-0.2, 0) is 0 Å². The van der Waals surface area contributed by atoms with E-state index in [-0.39, 0.29) is 5.92 Å². The molecule has 1 aliphatic rings. The maximum absolute atomic E-state index is 5.58. The zero-order valence-electron chi connectivity index (χ0n) is 40.7. The van der Waals surface area contributed by atoms with Crippen LogP contribution in [0.5, 0.6) is 0 Å². The number of aromatic nitrogens is 5. The van der Waals surface area contributed by atoms with Crippen molar-refractivity contribution < 1.29 is 0 Å². The molecule has 5 aromatic heterocycles. The van der Waals surface area contributed by atoms with E-state index in [2.05, 4.69) is 211 Å². The number of hydrogen-bond donors (Lipinski definition) is 0. The van der Waals surface area contributed by atoms with Gasteiger partial charge in [0.05, 0.1) is 16.7 Å². The standard InChI is InChI=1S/C69H41N5S2/c1-5-19-41(20-6-1)59-47-27-13-14-28-48(47)60-54(59)36-35-51-50-32-18-33-55(64(50)76-65(51)60)62-56(69-72-67(42-21-7-2-8-22-42)71-68(73-69)43-23-9-3-10-24-43)39-44(40-70-62)46-30-17-31-49-52-37-38-58-61(66(52)75-63(46)49)53-29-15-16-34-57(53)74(58)45-25-11-4-12-26-45/h1-40,59H. The molecule has 0 N–H and O–H groups in total. The minimum Gasteiger partial charge on any atom is -0.309 e. The van der Waals surface area contributed by atoms with Crippen LogP contribution in [0.15, 0.2) is 243 Å². The normalized spacial score (nSPS) is 13.1. The molecule has 76 heavy (non-hydrogen) atoms. The second-order valence-corrected chi connectivity index (χ2v) is 21.6. The predicted molar refractivity (Wildman–Crippen MR) is 318 cm³/mol. The number of thiophene rings is 2. The lowest BCUT2D eigenvalue weighted by Crippen LogP contribution is -2.02. The molecule has 0 fully saturated rings. The first-order valence-corrected chi connectivity index (χ1v) is 27.3. The Kier molecular flexibility index (Phi) is 9.67. The van der Waals surface area contributed by atoms with Crippen LogP contribution in [-0.4, -0.2) is 24.5 Å². The molecule has 10 aromatic carbocycles. The average molecular weight is 1000 g/mol. The van der Waals surface area contributed by atoms with Crippen LogP contribution in [0.2, 0.25) is 0 Å². The number of pyridine rings is 1. The number of benzene rings is 10. The summed E-state index contributed by atoms with van der Waals surface area (Å²) in [5, 5.41) is 7.43. The molecule has 0 bridgehead atoms. The lowest BCUT2D eigenvalue weighted by atomic mass is 9.89. The van der Waals surface area contributed by atoms with Gasteiger partial charge in [-0.25, -0.2) is 15.0 Å². The van der Waals surface area contributed by atoms with E-state index in [4.69, 9.17) is 19.9 Å². The summed E-state index contributed by atoms with van der Waals surface area (Å²) in [6.45, 7) is 0. The van der Waals surface area contributed by atoms with E-state index in [9.17, 15) is 0 Å². The minimum absolute atomic E-state index is 0.162. The van der Waals surface area contributed by atoms with Gasteiger partial charge in [-0.2, -0.15) is 0 Å². The van der Waals surface area contributed by atoms with E-state index in [1.54, 1.807) is 0 Å². The highest BCUT2D eigenvalue weighted by atomic mass is 32.1. The van der Waals surface area contributed by atoms with Gasteiger partial charge >= 0.3 is 0 Å². The third kappa shape index (κ3) is 6.56. The predicted octanol–water partition coefficient (Wildman–Crippen LogP) is 18.6. The fourth-order valence-electron chi connectivity index (χ4n) is 12.0. The summed E-state index contributed by atoms with van der Waals surface area (Å²) < 4.78 is 7.35. The third-order valence-electron chi connectivity index (χ3n) is 15.4. The monoisotopic (exact) mass is 1000 g/mol. The summed E-state index contributed by atoms with van der Waals surface area (Å²) in [7, 11) is 0. The number of nitrogens with zero attached hydrogens (tertiary/aromatic N) is 5. The van der Waals surface area contributed by atoms with Crippen LogP contribution < -0.4 is 0 Å². The largest absolute Gasteiger partial charge is 0.309 e. The quantitative estimate of drug-likeness (QED) is 0.160. The molecule has 5 heterocycles. The Bertz CT molecular complexity index is 4750. The van der Waals surface area contributed by atoms with Crippen LogP contribution in [0.3, 0.4) is 0 Å². The van der Waals surface area contributed by atoms with Gasteiger partial charge in [-0.05, 0) is 52.6 Å². The van der Waals surface area contributed by atoms with Crippen molar-refractivity contribution in [3.05, 3.63) is 259 Å². The van der Waals surface area contributed by atoms with Gasteiger partial charge in [0.15, 0.2) is 17.5 Å². The first-order chi connectivity index (χ1) is 37.7. The maximum Gasteiger partial charge on any atom is 0.166 e. The van der Waals surface area contributed by atoms with Crippen LogP contribution in [0, 0.1) is 0 Å². The van der Waals surface area contributed by atoms with E-state index in [1.807, 2.05) is 59.1 Å². The minimum atomic E-state index is 0.162. The molecule has 0 radical (unpaired) electrons. The topological polar surface area (TPSA) is 56.5 Å². The molecule has 16 rings (SSSR count). The van der Waals surface area contributed by atoms with Gasteiger partial charge in [0.1, 0.15) is 0 Å². The third-order valence-corrected chi connectivity index (χ3v) is 17.9. The van der Waals surface area contributed by atoms with Crippen LogP contribution in [0.1, 0.15) is 22.6 Å². The van der Waals surface area contributed by atoms with Crippen LogP contribution in [0.4, 0.5) is 0 Å². The van der Waals surface area contributed by atoms with Crippen molar-refractivity contribution in [1.29, 1.82) is 0 Å². The highest BCUT2D eigenvalue weighted by Gasteiger charge is 2.32. The van der Waals surface area contributed by atoms with Crippen molar-refractivity contribution in [2.45, 2.75) is 5.92 Å². The second-order valence-electron chi connectivity index (χ2n) is 19.6. The van der Waals surface area contributed by atoms with E-state index >= 15 is 0 Å². The Morgan fingerprint density at radius 2 is 0.908 bits per heavy atom. The second kappa shape index (κ2) is 17.1. The van der Waals surface area contributed by atoms with E-state index < -0.39 is 0 Å². The number of hydrogen-bond acceptors (Lipinski definition) is 6. The van der Waals surface area contributed by atoms with E-state index in [0.29, 0.717) is 17.5 Å². The fraction of sp³-hybridized carbons (Fsp3) is 0.0145. The molecule has 0 amide bonds. The number of para-hydroxylation sites is 2. The zero-order chi connectivity index (χ0) is 49.8. The van der Waals surface area contributed by atoms with Crippen molar-refractivity contribution in [3.8, 4) is 73.4 Å². The van der Waals surface area contributed by atoms with Gasteiger partial charge in [0.2, 0.25) is 0 Å². The van der Waals surface area contributed by atoms with E-state index in [1.165, 1.54) is 90.0 Å².